The van der Waals surface area contributed by atoms with E-state index >= 15 is 0 Å². The maximum Gasteiger partial charge on any atom is 0.135 e. The zero-order chi connectivity index (χ0) is 14.7. The molecule has 0 aliphatic carbocycles. The largest absolute Gasteiger partial charge is 0.356 e. The van der Waals surface area contributed by atoms with Gasteiger partial charge in [0.2, 0.25) is 0 Å². The third kappa shape index (κ3) is 3.64. The second kappa shape index (κ2) is 6.31. The molecule has 2 heterocycles. The highest BCUT2D eigenvalue weighted by Crippen LogP contribution is 2.24. The summed E-state index contributed by atoms with van der Waals surface area (Å²) in [5.41, 5.74) is 0.969. The molecule has 2 aromatic rings. The second-order valence-electron chi connectivity index (χ2n) is 5.59. The van der Waals surface area contributed by atoms with Gasteiger partial charge < -0.3 is 10.2 Å². The van der Waals surface area contributed by atoms with Crippen LogP contribution in [0.1, 0.15) is 19.8 Å². The van der Waals surface area contributed by atoms with Crippen molar-refractivity contribution in [2.75, 3.05) is 23.3 Å². The Morgan fingerprint density at radius 2 is 2.05 bits per heavy atom. The molecule has 1 aliphatic heterocycles. The molecule has 1 fully saturated rings. The van der Waals surface area contributed by atoms with E-state index in [-0.39, 0.29) is 0 Å². The van der Waals surface area contributed by atoms with Gasteiger partial charge >= 0.3 is 0 Å². The molecule has 110 valence electrons. The van der Waals surface area contributed by atoms with Crippen LogP contribution in [0.25, 0.3) is 0 Å². The molecule has 0 saturated carbocycles. The summed E-state index contributed by atoms with van der Waals surface area (Å²) in [5.74, 6) is 2.52. The van der Waals surface area contributed by atoms with Crippen LogP contribution in [0.3, 0.4) is 0 Å². The molecule has 0 bridgehead atoms. The number of nitrogens with zero attached hydrogens (tertiary/aromatic N) is 3. The summed E-state index contributed by atoms with van der Waals surface area (Å²) in [4.78, 5) is 11.0. The van der Waals surface area contributed by atoms with Gasteiger partial charge in [0.05, 0.1) is 0 Å². The van der Waals surface area contributed by atoms with E-state index in [0.29, 0.717) is 0 Å². The number of anilines is 3. The first kappa shape index (κ1) is 14.1. The van der Waals surface area contributed by atoms with Crippen LogP contribution in [-0.4, -0.2) is 23.1 Å². The summed E-state index contributed by atoms with van der Waals surface area (Å²) in [7, 11) is 0. The molecule has 4 nitrogen and oxygen atoms in total. The minimum atomic E-state index is 0.724. The third-order valence-electron chi connectivity index (χ3n) is 3.75. The Morgan fingerprint density at radius 1 is 1.24 bits per heavy atom. The van der Waals surface area contributed by atoms with Crippen molar-refractivity contribution in [3.8, 4) is 0 Å². The van der Waals surface area contributed by atoms with Gasteiger partial charge in [-0.3, -0.25) is 0 Å². The van der Waals surface area contributed by atoms with Crippen LogP contribution in [0.2, 0.25) is 5.02 Å². The van der Waals surface area contributed by atoms with Crippen LogP contribution in [0, 0.1) is 5.92 Å². The zero-order valence-electron chi connectivity index (χ0n) is 12.1. The monoisotopic (exact) mass is 302 g/mol. The second-order valence-corrected chi connectivity index (χ2v) is 6.02. The lowest BCUT2D eigenvalue weighted by Crippen LogP contribution is -2.34. The van der Waals surface area contributed by atoms with Crippen molar-refractivity contribution < 1.29 is 0 Å². The lowest BCUT2D eigenvalue weighted by atomic mass is 10.0. The highest BCUT2D eigenvalue weighted by Gasteiger charge is 2.17. The predicted octanol–water partition coefficient (Wildman–Crippen LogP) is 4.11. The SMILES string of the molecule is CC1CCCN(c2cc(Nc3ccc(Cl)cc3)ncn2)C1. The van der Waals surface area contributed by atoms with E-state index in [1.807, 2.05) is 30.3 Å². The van der Waals surface area contributed by atoms with Gasteiger partial charge in [0.1, 0.15) is 18.0 Å². The van der Waals surface area contributed by atoms with Gasteiger partial charge in [-0.1, -0.05) is 18.5 Å². The summed E-state index contributed by atoms with van der Waals surface area (Å²) in [5, 5.41) is 4.01. The lowest BCUT2D eigenvalue weighted by molar-refractivity contribution is 0.444. The van der Waals surface area contributed by atoms with E-state index in [1.165, 1.54) is 12.8 Å². The lowest BCUT2D eigenvalue weighted by Gasteiger charge is -2.31. The molecule has 0 spiro atoms. The maximum absolute atomic E-state index is 5.89. The fourth-order valence-electron chi connectivity index (χ4n) is 2.67. The number of hydrogen-bond donors (Lipinski definition) is 1. The quantitative estimate of drug-likeness (QED) is 0.926. The maximum atomic E-state index is 5.89. The van der Waals surface area contributed by atoms with E-state index in [0.717, 1.165) is 41.4 Å². The first-order chi connectivity index (χ1) is 10.2. The van der Waals surface area contributed by atoms with Crippen LogP contribution in [0.15, 0.2) is 36.7 Å². The molecule has 1 atom stereocenters. The number of hydrogen-bond acceptors (Lipinski definition) is 4. The Labute approximate surface area is 130 Å². The molecule has 0 amide bonds. The number of halogens is 1. The van der Waals surface area contributed by atoms with Crippen LogP contribution >= 0.6 is 11.6 Å². The van der Waals surface area contributed by atoms with E-state index in [2.05, 4.69) is 27.1 Å². The zero-order valence-corrected chi connectivity index (χ0v) is 12.8. The Kier molecular flexibility index (Phi) is 4.25. The fourth-order valence-corrected chi connectivity index (χ4v) is 2.79. The normalized spacial score (nSPS) is 18.6. The molecule has 1 aromatic carbocycles. The van der Waals surface area contributed by atoms with E-state index in [4.69, 9.17) is 11.6 Å². The van der Waals surface area contributed by atoms with Crippen LogP contribution < -0.4 is 10.2 Å². The van der Waals surface area contributed by atoms with Crippen LogP contribution in [0.5, 0.6) is 0 Å². The number of nitrogens with one attached hydrogen (secondary N) is 1. The summed E-state index contributed by atoms with van der Waals surface area (Å²) < 4.78 is 0. The number of rotatable bonds is 3. The van der Waals surface area contributed by atoms with Crippen molar-refractivity contribution in [2.45, 2.75) is 19.8 Å². The van der Waals surface area contributed by atoms with E-state index in [1.54, 1.807) is 6.33 Å². The molecular formula is C16H19ClN4. The highest BCUT2D eigenvalue weighted by molar-refractivity contribution is 6.30. The van der Waals surface area contributed by atoms with Gasteiger partial charge in [-0.15, -0.1) is 0 Å². The van der Waals surface area contributed by atoms with Crippen molar-refractivity contribution in [1.82, 2.24) is 9.97 Å². The van der Waals surface area contributed by atoms with Gasteiger partial charge in [0, 0.05) is 29.9 Å². The van der Waals surface area contributed by atoms with Crippen molar-refractivity contribution in [2.24, 2.45) is 5.92 Å². The molecule has 1 unspecified atom stereocenters. The topological polar surface area (TPSA) is 41.0 Å². The average molecular weight is 303 g/mol. The van der Waals surface area contributed by atoms with Gasteiger partial charge in [0.25, 0.3) is 0 Å². The van der Waals surface area contributed by atoms with Crippen LogP contribution in [-0.2, 0) is 0 Å². The average Bonchev–Trinajstić information content (AvgIpc) is 2.50. The number of aromatic nitrogens is 2. The van der Waals surface area contributed by atoms with Gasteiger partial charge in [-0.2, -0.15) is 0 Å². The summed E-state index contributed by atoms with van der Waals surface area (Å²) in [6.45, 7) is 4.43. The van der Waals surface area contributed by atoms with Gasteiger partial charge in [-0.25, -0.2) is 9.97 Å². The van der Waals surface area contributed by atoms with Crippen LogP contribution in [0.4, 0.5) is 17.3 Å². The molecule has 1 N–H and O–H groups in total. The molecule has 1 aromatic heterocycles. The summed E-state index contributed by atoms with van der Waals surface area (Å²) >= 11 is 5.89. The smallest absolute Gasteiger partial charge is 0.135 e. The summed E-state index contributed by atoms with van der Waals surface area (Å²) in [6.07, 6.45) is 4.15. The van der Waals surface area contributed by atoms with E-state index in [9.17, 15) is 0 Å². The highest BCUT2D eigenvalue weighted by atomic mass is 35.5. The molecule has 0 radical (unpaired) electrons. The molecular weight excluding hydrogens is 284 g/mol. The Morgan fingerprint density at radius 3 is 2.81 bits per heavy atom. The summed E-state index contributed by atoms with van der Waals surface area (Å²) in [6, 6.07) is 9.60. The standard InChI is InChI=1S/C16H19ClN4/c1-12-3-2-8-21(10-12)16-9-15(18-11-19-16)20-14-6-4-13(17)5-7-14/h4-7,9,11-12H,2-3,8,10H2,1H3,(H,18,19,20). The van der Waals surface area contributed by atoms with Gasteiger partial charge in [-0.05, 0) is 43.0 Å². The van der Waals surface area contributed by atoms with Crippen molar-refractivity contribution in [3.63, 3.8) is 0 Å². The first-order valence-electron chi connectivity index (χ1n) is 7.30. The predicted molar refractivity (Wildman–Crippen MR) is 87.4 cm³/mol. The molecule has 1 saturated heterocycles. The van der Waals surface area contributed by atoms with Gasteiger partial charge in [0.15, 0.2) is 0 Å². The molecule has 3 rings (SSSR count). The Balaban J connectivity index is 1.75. The minimum Gasteiger partial charge on any atom is -0.356 e. The molecule has 5 heteroatoms. The molecule has 1 aliphatic rings. The number of piperidine rings is 1. The van der Waals surface area contributed by atoms with Crippen molar-refractivity contribution in [3.05, 3.63) is 41.7 Å². The Hall–Kier alpha value is -1.81. The third-order valence-corrected chi connectivity index (χ3v) is 4.00. The molecule has 21 heavy (non-hydrogen) atoms. The Bertz CT molecular complexity index is 599. The minimum absolute atomic E-state index is 0.724. The fraction of sp³-hybridized carbons (Fsp3) is 0.375. The van der Waals surface area contributed by atoms with E-state index < -0.39 is 0 Å². The van der Waals surface area contributed by atoms with Crippen molar-refractivity contribution >= 4 is 28.9 Å². The first-order valence-corrected chi connectivity index (χ1v) is 7.68. The number of benzene rings is 1. The van der Waals surface area contributed by atoms with Crippen molar-refractivity contribution in [1.29, 1.82) is 0 Å².